The summed E-state index contributed by atoms with van der Waals surface area (Å²) in [6.45, 7) is 4.21. The summed E-state index contributed by atoms with van der Waals surface area (Å²) in [5.74, 6) is 1.09. The lowest BCUT2D eigenvalue weighted by Gasteiger charge is -2.48. The van der Waals surface area contributed by atoms with Crippen molar-refractivity contribution in [3.8, 4) is 5.75 Å². The number of para-hydroxylation sites is 1. The minimum Gasteiger partial charge on any atom is -0.487 e. The van der Waals surface area contributed by atoms with E-state index in [-0.39, 0.29) is 5.60 Å². The van der Waals surface area contributed by atoms with E-state index >= 15 is 0 Å². The first kappa shape index (κ1) is 15.2. The lowest BCUT2D eigenvalue weighted by molar-refractivity contribution is -0.0561. The molecule has 3 aliphatic heterocycles. The van der Waals surface area contributed by atoms with Crippen molar-refractivity contribution < 1.29 is 9.47 Å². The van der Waals surface area contributed by atoms with Crippen LogP contribution in [0.1, 0.15) is 50.1 Å². The largest absolute Gasteiger partial charge is 0.487 e. The summed E-state index contributed by atoms with van der Waals surface area (Å²) in [6.07, 6.45) is 7.79. The summed E-state index contributed by atoms with van der Waals surface area (Å²) >= 11 is 0. The number of rotatable bonds is 3. The molecule has 4 heteroatoms. The first-order valence-electron chi connectivity index (χ1n) is 9.68. The van der Waals surface area contributed by atoms with Crippen molar-refractivity contribution >= 4 is 0 Å². The molecule has 0 radical (unpaired) electrons. The molecule has 4 aliphatic rings. The zero-order valence-corrected chi connectivity index (χ0v) is 14.4. The summed E-state index contributed by atoms with van der Waals surface area (Å²) in [5, 5.41) is 3.82. The van der Waals surface area contributed by atoms with Crippen LogP contribution in [0, 0.1) is 0 Å². The Bertz CT molecular complexity index is 601. The van der Waals surface area contributed by atoms with Gasteiger partial charge in [0.2, 0.25) is 0 Å². The summed E-state index contributed by atoms with van der Waals surface area (Å²) < 4.78 is 12.5. The maximum absolute atomic E-state index is 6.35. The number of ether oxygens (including phenoxy) is 2. The third-order valence-electron chi connectivity index (χ3n) is 6.52. The normalized spacial score (nSPS) is 34.2. The van der Waals surface area contributed by atoms with Crippen molar-refractivity contribution in [3.63, 3.8) is 0 Å². The Balaban J connectivity index is 1.26. The second-order valence-corrected chi connectivity index (χ2v) is 8.09. The average Bonchev–Trinajstić information content (AvgIpc) is 3.05. The van der Waals surface area contributed by atoms with E-state index in [1.807, 2.05) is 0 Å². The molecule has 0 aromatic heterocycles. The molecule has 1 saturated carbocycles. The quantitative estimate of drug-likeness (QED) is 0.925. The molecule has 24 heavy (non-hydrogen) atoms. The SMILES string of the molecule is c1ccc2c(c1)OC1(CCC1)CC2NCC1CN2CCCC2CO1. The van der Waals surface area contributed by atoms with Crippen LogP contribution in [-0.2, 0) is 4.74 Å². The van der Waals surface area contributed by atoms with Crippen LogP contribution in [0.5, 0.6) is 5.75 Å². The molecule has 1 aromatic carbocycles. The molecule has 0 bridgehead atoms. The van der Waals surface area contributed by atoms with Gasteiger partial charge in [0.05, 0.1) is 12.7 Å². The van der Waals surface area contributed by atoms with Crippen LogP contribution in [0.3, 0.4) is 0 Å². The minimum absolute atomic E-state index is 0.0967. The Kier molecular flexibility index (Phi) is 3.80. The van der Waals surface area contributed by atoms with Crippen molar-refractivity contribution in [1.29, 1.82) is 0 Å². The van der Waals surface area contributed by atoms with Crippen molar-refractivity contribution in [2.24, 2.45) is 0 Å². The van der Waals surface area contributed by atoms with Crippen LogP contribution in [0.25, 0.3) is 0 Å². The second kappa shape index (κ2) is 6.01. The van der Waals surface area contributed by atoms with Crippen LogP contribution < -0.4 is 10.1 Å². The lowest BCUT2D eigenvalue weighted by atomic mass is 9.73. The number of hydrogen-bond acceptors (Lipinski definition) is 4. The van der Waals surface area contributed by atoms with E-state index in [4.69, 9.17) is 9.47 Å². The van der Waals surface area contributed by atoms with E-state index in [2.05, 4.69) is 34.5 Å². The standard InChI is InChI=1S/C20H28N2O2/c1-2-7-19-17(6-1)18(11-20(24-19)8-4-9-20)21-12-16-13-22-10-3-5-15(22)14-23-16/h1-2,6-7,15-16,18,21H,3-5,8-14H2. The van der Waals surface area contributed by atoms with Crippen LogP contribution in [0.15, 0.2) is 24.3 Å². The van der Waals surface area contributed by atoms with Gasteiger partial charge < -0.3 is 14.8 Å². The van der Waals surface area contributed by atoms with Gasteiger partial charge in [0.15, 0.2) is 0 Å². The maximum atomic E-state index is 6.35. The predicted molar refractivity (Wildman–Crippen MR) is 93.3 cm³/mol. The van der Waals surface area contributed by atoms with Gasteiger partial charge in [0, 0.05) is 37.2 Å². The summed E-state index contributed by atoms with van der Waals surface area (Å²) in [6, 6.07) is 9.65. The zero-order chi connectivity index (χ0) is 16.0. The fourth-order valence-electron chi connectivity index (χ4n) is 4.96. The number of benzene rings is 1. The molecule has 3 fully saturated rings. The molecule has 1 N–H and O–H groups in total. The average molecular weight is 328 g/mol. The van der Waals surface area contributed by atoms with Crippen LogP contribution in [0.4, 0.5) is 0 Å². The Morgan fingerprint density at radius 2 is 2.12 bits per heavy atom. The van der Waals surface area contributed by atoms with Gasteiger partial charge in [-0.2, -0.15) is 0 Å². The number of nitrogens with one attached hydrogen (secondary N) is 1. The van der Waals surface area contributed by atoms with E-state index in [0.717, 1.165) is 31.9 Å². The highest BCUT2D eigenvalue weighted by molar-refractivity contribution is 5.39. The van der Waals surface area contributed by atoms with Gasteiger partial charge in [-0.05, 0) is 44.7 Å². The molecule has 3 heterocycles. The molecule has 5 rings (SSSR count). The van der Waals surface area contributed by atoms with Crippen molar-refractivity contribution in [2.45, 2.75) is 62.3 Å². The Hall–Kier alpha value is -1.10. The molecule has 2 saturated heterocycles. The minimum atomic E-state index is 0.0967. The highest BCUT2D eigenvalue weighted by Crippen LogP contribution is 2.48. The Labute approximate surface area is 144 Å². The summed E-state index contributed by atoms with van der Waals surface area (Å²) in [5.41, 5.74) is 1.42. The monoisotopic (exact) mass is 328 g/mol. The van der Waals surface area contributed by atoms with E-state index in [1.165, 1.54) is 44.2 Å². The predicted octanol–water partition coefficient (Wildman–Crippen LogP) is 2.89. The molecule has 1 spiro atoms. The fourth-order valence-corrected chi connectivity index (χ4v) is 4.96. The number of hydrogen-bond donors (Lipinski definition) is 1. The topological polar surface area (TPSA) is 33.7 Å². The molecular weight excluding hydrogens is 300 g/mol. The third kappa shape index (κ3) is 2.65. The number of fused-ring (bicyclic) bond motifs is 2. The first-order valence-corrected chi connectivity index (χ1v) is 9.68. The maximum Gasteiger partial charge on any atom is 0.124 e. The van der Waals surface area contributed by atoms with E-state index in [9.17, 15) is 0 Å². The van der Waals surface area contributed by atoms with Gasteiger partial charge in [-0.3, -0.25) is 4.90 Å². The van der Waals surface area contributed by atoms with E-state index in [0.29, 0.717) is 18.2 Å². The molecule has 0 amide bonds. The Morgan fingerprint density at radius 1 is 1.21 bits per heavy atom. The highest BCUT2D eigenvalue weighted by Gasteiger charge is 2.45. The van der Waals surface area contributed by atoms with Crippen LogP contribution in [-0.4, -0.2) is 48.9 Å². The van der Waals surface area contributed by atoms with Crippen molar-refractivity contribution in [2.75, 3.05) is 26.2 Å². The molecule has 3 atom stereocenters. The van der Waals surface area contributed by atoms with Gasteiger partial charge in [-0.15, -0.1) is 0 Å². The smallest absolute Gasteiger partial charge is 0.124 e. The van der Waals surface area contributed by atoms with Gasteiger partial charge in [-0.25, -0.2) is 0 Å². The van der Waals surface area contributed by atoms with Gasteiger partial charge >= 0.3 is 0 Å². The molecule has 1 aromatic rings. The van der Waals surface area contributed by atoms with Crippen molar-refractivity contribution in [3.05, 3.63) is 29.8 Å². The number of nitrogens with zero attached hydrogens (tertiary/aromatic N) is 1. The molecular formula is C20H28N2O2. The number of morpholine rings is 1. The summed E-state index contributed by atoms with van der Waals surface area (Å²) in [7, 11) is 0. The Morgan fingerprint density at radius 3 is 3.00 bits per heavy atom. The van der Waals surface area contributed by atoms with E-state index < -0.39 is 0 Å². The van der Waals surface area contributed by atoms with E-state index in [1.54, 1.807) is 0 Å². The van der Waals surface area contributed by atoms with Gasteiger partial charge in [0.1, 0.15) is 11.4 Å². The van der Waals surface area contributed by atoms with Crippen molar-refractivity contribution in [1.82, 2.24) is 10.2 Å². The van der Waals surface area contributed by atoms with Gasteiger partial charge in [0.25, 0.3) is 0 Å². The molecule has 4 nitrogen and oxygen atoms in total. The fraction of sp³-hybridized carbons (Fsp3) is 0.700. The zero-order valence-electron chi connectivity index (χ0n) is 14.4. The molecule has 3 unspecified atom stereocenters. The lowest BCUT2D eigenvalue weighted by Crippen LogP contribution is -2.52. The molecule has 130 valence electrons. The van der Waals surface area contributed by atoms with Crippen LogP contribution in [0.2, 0.25) is 0 Å². The highest BCUT2D eigenvalue weighted by atomic mass is 16.5. The third-order valence-corrected chi connectivity index (χ3v) is 6.52. The van der Waals surface area contributed by atoms with Crippen LogP contribution >= 0.6 is 0 Å². The van der Waals surface area contributed by atoms with Gasteiger partial charge in [-0.1, -0.05) is 18.2 Å². The molecule has 1 aliphatic carbocycles. The second-order valence-electron chi connectivity index (χ2n) is 8.09. The summed E-state index contributed by atoms with van der Waals surface area (Å²) in [4.78, 5) is 2.63. The first-order chi connectivity index (χ1) is 11.8.